The third-order valence-electron chi connectivity index (χ3n) is 2.86. The Morgan fingerprint density at radius 1 is 1.53 bits per heavy atom. The van der Waals surface area contributed by atoms with Crippen LogP contribution >= 0.6 is 0 Å². The molecular weight excluding hydrogens is 260 g/mol. The molecule has 1 rings (SSSR count). The molecule has 0 bridgehead atoms. The number of carbonyl (C=O) groups is 1. The van der Waals surface area contributed by atoms with Crippen LogP contribution in [-0.4, -0.2) is 58.5 Å². The maximum Gasteiger partial charge on any atom is 0.410 e. The number of rotatable bonds is 3. The molecule has 5 nitrogen and oxygen atoms in total. The lowest BCUT2D eigenvalue weighted by molar-refractivity contribution is -0.0478. The Balaban J connectivity index is 2.64. The van der Waals surface area contributed by atoms with Gasteiger partial charge in [-0.3, -0.25) is 0 Å². The van der Waals surface area contributed by atoms with E-state index in [-0.39, 0.29) is 13.0 Å². The molecule has 2 atom stereocenters. The molecule has 0 spiro atoms. The number of hydrogen-bond donors (Lipinski definition) is 2. The van der Waals surface area contributed by atoms with Crippen molar-refractivity contribution in [1.82, 2.24) is 4.90 Å². The number of aliphatic hydroxyl groups excluding tert-OH is 2. The lowest BCUT2D eigenvalue weighted by Gasteiger charge is -2.24. The van der Waals surface area contributed by atoms with Gasteiger partial charge >= 0.3 is 6.09 Å². The third kappa shape index (κ3) is 4.58. The van der Waals surface area contributed by atoms with Crippen molar-refractivity contribution in [2.75, 3.05) is 19.7 Å². The number of likely N-dealkylation sites (tertiary alicyclic amines) is 1. The van der Waals surface area contributed by atoms with Crippen molar-refractivity contribution < 1.29 is 28.5 Å². The average molecular weight is 281 g/mol. The summed E-state index contributed by atoms with van der Waals surface area (Å²) in [6, 6.07) is 0. The molecule has 0 aromatic carbocycles. The molecule has 1 saturated heterocycles. The summed E-state index contributed by atoms with van der Waals surface area (Å²) in [6.45, 7) is 3.51. The molecule has 1 amide bonds. The normalized spacial score (nSPS) is 24.4. The van der Waals surface area contributed by atoms with Crippen molar-refractivity contribution in [3.63, 3.8) is 0 Å². The molecule has 0 radical (unpaired) electrons. The number of aliphatic hydroxyl groups is 2. The Morgan fingerprint density at radius 2 is 2.11 bits per heavy atom. The Bertz CT molecular complexity index is 330. The molecule has 0 unspecified atom stereocenters. The van der Waals surface area contributed by atoms with E-state index in [0.29, 0.717) is 0 Å². The molecule has 7 heteroatoms. The second kappa shape index (κ2) is 5.58. The second-order valence-electron chi connectivity index (χ2n) is 5.89. The number of nitrogens with zero attached hydrogens (tertiary/aromatic N) is 1. The molecule has 1 aliphatic heterocycles. The largest absolute Gasteiger partial charge is 0.444 e. The van der Waals surface area contributed by atoms with Crippen LogP contribution in [0.25, 0.3) is 0 Å². The summed E-state index contributed by atoms with van der Waals surface area (Å²) in [5.74, 6) is -4.24. The fraction of sp³-hybridized carbons (Fsp3) is 0.917. The van der Waals surface area contributed by atoms with Gasteiger partial charge in [0, 0.05) is 12.5 Å². The Labute approximate surface area is 111 Å². The number of alkyl halides is 2. The van der Waals surface area contributed by atoms with E-state index < -0.39 is 42.8 Å². The highest BCUT2D eigenvalue weighted by molar-refractivity contribution is 5.68. The zero-order chi connectivity index (χ0) is 14.8. The number of hydrogen-bond acceptors (Lipinski definition) is 4. The fourth-order valence-corrected chi connectivity index (χ4v) is 1.96. The minimum absolute atomic E-state index is 0.182. The van der Waals surface area contributed by atoms with Gasteiger partial charge in [0.05, 0.1) is 19.3 Å². The van der Waals surface area contributed by atoms with Gasteiger partial charge in [-0.1, -0.05) is 0 Å². The van der Waals surface area contributed by atoms with Crippen molar-refractivity contribution in [2.45, 2.75) is 44.8 Å². The van der Waals surface area contributed by atoms with E-state index in [2.05, 4.69) is 0 Å². The van der Waals surface area contributed by atoms with Crippen molar-refractivity contribution >= 4 is 6.09 Å². The first-order valence-electron chi connectivity index (χ1n) is 6.20. The van der Waals surface area contributed by atoms with Crippen LogP contribution in [0.1, 0.15) is 27.2 Å². The van der Waals surface area contributed by atoms with Gasteiger partial charge in [0.15, 0.2) is 0 Å². The topological polar surface area (TPSA) is 70.0 Å². The molecule has 1 aliphatic rings. The van der Waals surface area contributed by atoms with Crippen molar-refractivity contribution in [3.05, 3.63) is 0 Å². The summed E-state index contributed by atoms with van der Waals surface area (Å²) >= 11 is 0. The number of amides is 1. The lowest BCUT2D eigenvalue weighted by atomic mass is 9.98. The predicted octanol–water partition coefficient (Wildman–Crippen LogP) is 1.23. The smallest absolute Gasteiger partial charge is 0.410 e. The molecule has 0 aliphatic carbocycles. The standard InChI is InChI=1S/C12H21F2NO4/c1-11(2,3)19-10(18)15-5-8(4-9(17)6-16)12(13,14)7-15/h8-9,16-17H,4-7H2,1-3H3/t8-,9+/m0/s1. The molecular formula is C12H21F2NO4. The van der Waals surface area contributed by atoms with Crippen LogP contribution in [0.2, 0.25) is 0 Å². The van der Waals surface area contributed by atoms with Gasteiger partial charge in [-0.25, -0.2) is 13.6 Å². The highest BCUT2D eigenvalue weighted by atomic mass is 19.3. The average Bonchev–Trinajstić information content (AvgIpc) is 2.52. The SMILES string of the molecule is CC(C)(C)OC(=O)N1C[C@H](C[C@@H](O)CO)C(F)(F)C1. The van der Waals surface area contributed by atoms with E-state index in [9.17, 15) is 18.7 Å². The molecule has 0 saturated carbocycles. The zero-order valence-corrected chi connectivity index (χ0v) is 11.4. The van der Waals surface area contributed by atoms with Gasteiger partial charge in [0.25, 0.3) is 5.92 Å². The second-order valence-corrected chi connectivity index (χ2v) is 5.89. The highest BCUT2D eigenvalue weighted by Crippen LogP contribution is 2.36. The Hall–Kier alpha value is -0.950. The van der Waals surface area contributed by atoms with Crippen molar-refractivity contribution in [2.24, 2.45) is 5.92 Å². The summed E-state index contributed by atoms with van der Waals surface area (Å²) < 4.78 is 32.4. The summed E-state index contributed by atoms with van der Waals surface area (Å²) in [5.41, 5.74) is -0.741. The monoisotopic (exact) mass is 281 g/mol. The molecule has 1 heterocycles. The Kier molecular flexibility index (Phi) is 4.73. The van der Waals surface area contributed by atoms with Gasteiger partial charge in [0.1, 0.15) is 5.60 Å². The number of halogens is 2. The van der Waals surface area contributed by atoms with E-state index in [1.807, 2.05) is 0 Å². The predicted molar refractivity (Wildman–Crippen MR) is 64.0 cm³/mol. The highest BCUT2D eigenvalue weighted by Gasteiger charge is 2.50. The van der Waals surface area contributed by atoms with E-state index in [0.717, 1.165) is 4.90 Å². The van der Waals surface area contributed by atoms with E-state index in [1.165, 1.54) is 0 Å². The lowest BCUT2D eigenvalue weighted by Crippen LogP contribution is -2.36. The number of ether oxygens (including phenoxy) is 1. The quantitative estimate of drug-likeness (QED) is 0.816. The Morgan fingerprint density at radius 3 is 2.58 bits per heavy atom. The zero-order valence-electron chi connectivity index (χ0n) is 11.4. The molecule has 19 heavy (non-hydrogen) atoms. The van der Waals surface area contributed by atoms with Crippen LogP contribution in [0.4, 0.5) is 13.6 Å². The van der Waals surface area contributed by atoms with Crippen molar-refractivity contribution in [3.8, 4) is 0 Å². The van der Waals surface area contributed by atoms with Gasteiger partial charge < -0.3 is 19.8 Å². The van der Waals surface area contributed by atoms with Gasteiger partial charge in [-0.2, -0.15) is 0 Å². The first-order valence-corrected chi connectivity index (χ1v) is 6.20. The summed E-state index contributed by atoms with van der Waals surface area (Å²) in [5, 5.41) is 17.9. The van der Waals surface area contributed by atoms with Crippen LogP contribution in [0.15, 0.2) is 0 Å². The molecule has 0 aromatic heterocycles. The van der Waals surface area contributed by atoms with E-state index in [1.54, 1.807) is 20.8 Å². The first-order chi connectivity index (χ1) is 8.55. The van der Waals surface area contributed by atoms with Crippen LogP contribution in [0.3, 0.4) is 0 Å². The summed E-state index contributed by atoms with van der Waals surface area (Å²) in [4.78, 5) is 12.7. The third-order valence-corrected chi connectivity index (χ3v) is 2.86. The molecule has 0 aromatic rings. The van der Waals surface area contributed by atoms with Gasteiger partial charge in [-0.15, -0.1) is 0 Å². The maximum absolute atomic E-state index is 13.7. The van der Waals surface area contributed by atoms with Crippen LogP contribution < -0.4 is 0 Å². The van der Waals surface area contributed by atoms with E-state index >= 15 is 0 Å². The number of carbonyl (C=O) groups excluding carboxylic acids is 1. The molecule has 2 N–H and O–H groups in total. The van der Waals surface area contributed by atoms with Crippen LogP contribution in [0.5, 0.6) is 0 Å². The van der Waals surface area contributed by atoms with Crippen molar-refractivity contribution in [1.29, 1.82) is 0 Å². The first kappa shape index (κ1) is 16.1. The minimum Gasteiger partial charge on any atom is -0.444 e. The van der Waals surface area contributed by atoms with Crippen LogP contribution in [0, 0.1) is 5.92 Å². The maximum atomic E-state index is 13.7. The fourth-order valence-electron chi connectivity index (χ4n) is 1.96. The molecule has 112 valence electrons. The molecule has 1 fully saturated rings. The van der Waals surface area contributed by atoms with Gasteiger partial charge in [-0.05, 0) is 27.2 Å². The van der Waals surface area contributed by atoms with Crippen LogP contribution in [-0.2, 0) is 4.74 Å². The summed E-state index contributed by atoms with van der Waals surface area (Å²) in [6.07, 6.45) is -2.23. The minimum atomic E-state index is -3.08. The summed E-state index contributed by atoms with van der Waals surface area (Å²) in [7, 11) is 0. The van der Waals surface area contributed by atoms with Gasteiger partial charge in [0.2, 0.25) is 0 Å². The van der Waals surface area contributed by atoms with E-state index in [4.69, 9.17) is 9.84 Å².